The average molecular weight is 321 g/mol. The molecule has 0 N–H and O–H groups in total. The second kappa shape index (κ2) is 5.30. The molecule has 2 nitrogen and oxygen atoms in total. The van der Waals surface area contributed by atoms with Gasteiger partial charge in [-0.05, 0) is 54.7 Å². The second-order valence-corrected chi connectivity index (χ2v) is 7.48. The minimum Gasteiger partial charge on any atom is -0.455 e. The van der Waals surface area contributed by atoms with E-state index in [9.17, 15) is 4.39 Å². The van der Waals surface area contributed by atoms with Crippen LogP contribution < -0.4 is 0 Å². The Morgan fingerprint density at radius 1 is 1.08 bits per heavy atom. The van der Waals surface area contributed by atoms with Crippen LogP contribution in [0.15, 0.2) is 46.4 Å². The topological polar surface area (TPSA) is 26.0 Å². The molecule has 0 radical (unpaired) electrons. The minimum absolute atomic E-state index is 0.0716. The molecule has 0 aliphatic heterocycles. The van der Waals surface area contributed by atoms with Crippen molar-refractivity contribution in [2.45, 2.75) is 39.0 Å². The van der Waals surface area contributed by atoms with Gasteiger partial charge in [0.1, 0.15) is 17.1 Å². The first-order valence-corrected chi connectivity index (χ1v) is 8.30. The number of fused-ring (bicyclic) bond motifs is 1. The third-order valence-corrected chi connectivity index (χ3v) is 4.33. The van der Waals surface area contributed by atoms with Gasteiger partial charge in [0.05, 0.1) is 5.69 Å². The van der Waals surface area contributed by atoms with E-state index in [1.54, 1.807) is 12.1 Å². The summed E-state index contributed by atoms with van der Waals surface area (Å²) >= 11 is 0. The summed E-state index contributed by atoms with van der Waals surface area (Å²) in [5.74, 6) is 0.629. The number of halogens is 1. The second-order valence-electron chi connectivity index (χ2n) is 7.48. The number of benzene rings is 1. The third kappa shape index (κ3) is 2.86. The smallest absolute Gasteiger partial charge is 0.156 e. The number of hydrogen-bond donors (Lipinski definition) is 0. The lowest BCUT2D eigenvalue weighted by Gasteiger charge is -2.20. The Hall–Kier alpha value is -2.42. The maximum absolute atomic E-state index is 13.2. The van der Waals surface area contributed by atoms with Gasteiger partial charge < -0.3 is 4.42 Å². The Balaban J connectivity index is 1.92. The zero-order valence-corrected chi connectivity index (χ0v) is 14.2. The number of rotatable bonds is 2. The summed E-state index contributed by atoms with van der Waals surface area (Å²) in [4.78, 5) is 4.75. The molecule has 1 saturated carbocycles. The Bertz CT molecular complexity index is 936. The maximum Gasteiger partial charge on any atom is 0.156 e. The lowest BCUT2D eigenvalue weighted by molar-refractivity contribution is 0.554. The number of pyridine rings is 1. The van der Waals surface area contributed by atoms with E-state index in [0.29, 0.717) is 0 Å². The summed E-state index contributed by atoms with van der Waals surface area (Å²) in [7, 11) is 0. The van der Waals surface area contributed by atoms with E-state index >= 15 is 0 Å². The average Bonchev–Trinajstić information content (AvgIpc) is 3.23. The molecule has 0 bridgehead atoms. The Kier molecular flexibility index (Phi) is 3.34. The van der Waals surface area contributed by atoms with Gasteiger partial charge in [-0.1, -0.05) is 26.3 Å². The Morgan fingerprint density at radius 3 is 2.42 bits per heavy atom. The number of aromatic nitrogens is 1. The van der Waals surface area contributed by atoms with Gasteiger partial charge in [0, 0.05) is 17.2 Å². The van der Waals surface area contributed by atoms with Gasteiger partial charge in [0.15, 0.2) is 5.58 Å². The van der Waals surface area contributed by atoms with Crippen molar-refractivity contribution in [1.82, 2.24) is 4.98 Å². The molecule has 1 aliphatic rings. The van der Waals surface area contributed by atoms with Crippen LogP contribution in [0.4, 0.5) is 4.39 Å². The predicted octanol–water partition coefficient (Wildman–Crippen LogP) is 6.11. The molecule has 3 heteroatoms. The van der Waals surface area contributed by atoms with Crippen LogP contribution in [0.3, 0.4) is 0 Å². The van der Waals surface area contributed by atoms with Gasteiger partial charge in [-0.2, -0.15) is 0 Å². The number of allylic oxidation sites excluding steroid dienone is 1. The van der Waals surface area contributed by atoms with E-state index in [1.807, 2.05) is 6.07 Å². The highest BCUT2D eigenvalue weighted by Crippen LogP contribution is 2.36. The molecule has 122 valence electrons. The van der Waals surface area contributed by atoms with Crippen molar-refractivity contribution in [2.75, 3.05) is 0 Å². The highest BCUT2D eigenvalue weighted by atomic mass is 19.1. The molecule has 4 rings (SSSR count). The van der Waals surface area contributed by atoms with Gasteiger partial charge in [-0.3, -0.25) is 0 Å². The molecule has 1 aromatic carbocycles. The quantitative estimate of drug-likeness (QED) is 0.569. The minimum atomic E-state index is -0.238. The van der Waals surface area contributed by atoms with Gasteiger partial charge >= 0.3 is 0 Å². The van der Waals surface area contributed by atoms with Crippen LogP contribution in [-0.2, 0) is 5.41 Å². The fourth-order valence-electron chi connectivity index (χ4n) is 2.85. The summed E-state index contributed by atoms with van der Waals surface area (Å²) < 4.78 is 19.3. The first kappa shape index (κ1) is 15.1. The number of hydrogen-bond acceptors (Lipinski definition) is 2. The van der Waals surface area contributed by atoms with E-state index in [2.05, 4.69) is 32.9 Å². The number of nitrogens with zero attached hydrogens (tertiary/aromatic N) is 1. The summed E-state index contributed by atoms with van der Waals surface area (Å²) in [5.41, 5.74) is 5.93. The fourth-order valence-corrected chi connectivity index (χ4v) is 2.85. The normalized spacial score (nSPS) is 14.2. The maximum atomic E-state index is 13.2. The standard InChI is InChI=1S/C21H20FNO/c1-21(2,3)17-12-18(14-6-8-15(22)9-7-14)23-19-11-16(24-20(17)19)10-13-4-5-13/h6-12H,4-5H2,1-3H3. The molecule has 0 atom stereocenters. The zero-order chi connectivity index (χ0) is 16.9. The monoisotopic (exact) mass is 321 g/mol. The molecule has 24 heavy (non-hydrogen) atoms. The predicted molar refractivity (Wildman–Crippen MR) is 95.3 cm³/mol. The number of furan rings is 1. The molecule has 1 aliphatic carbocycles. The molecule has 0 saturated heterocycles. The summed E-state index contributed by atoms with van der Waals surface area (Å²) in [6, 6.07) is 10.5. The van der Waals surface area contributed by atoms with E-state index in [1.165, 1.54) is 17.7 Å². The van der Waals surface area contributed by atoms with Gasteiger partial charge in [-0.25, -0.2) is 9.37 Å². The molecule has 0 amide bonds. The van der Waals surface area contributed by atoms with Crippen molar-refractivity contribution >= 4 is 17.2 Å². The first-order chi connectivity index (χ1) is 11.4. The van der Waals surface area contributed by atoms with Crippen molar-refractivity contribution < 1.29 is 8.81 Å². The molecule has 0 unspecified atom stereocenters. The van der Waals surface area contributed by atoms with Crippen LogP contribution in [0.25, 0.3) is 28.4 Å². The molecule has 3 aromatic rings. The van der Waals surface area contributed by atoms with Gasteiger partial charge in [0.2, 0.25) is 0 Å². The third-order valence-electron chi connectivity index (χ3n) is 4.33. The highest BCUT2D eigenvalue weighted by molar-refractivity contribution is 5.83. The molecular formula is C21H20FNO. The highest BCUT2D eigenvalue weighted by Gasteiger charge is 2.23. The molecular weight excluding hydrogens is 301 g/mol. The fraction of sp³-hybridized carbons (Fsp3) is 0.286. The van der Waals surface area contributed by atoms with Crippen LogP contribution >= 0.6 is 0 Å². The van der Waals surface area contributed by atoms with Crippen molar-refractivity contribution in [2.24, 2.45) is 0 Å². The Labute approximate surface area is 141 Å². The Morgan fingerprint density at radius 2 is 1.79 bits per heavy atom. The SMILES string of the molecule is CC(C)(C)c1cc(-c2ccc(F)cc2)nc2cc(C=C3CC3)oc12. The van der Waals surface area contributed by atoms with Gasteiger partial charge in [-0.15, -0.1) is 0 Å². The van der Waals surface area contributed by atoms with Crippen LogP contribution in [-0.4, -0.2) is 4.98 Å². The van der Waals surface area contributed by atoms with E-state index in [-0.39, 0.29) is 11.2 Å². The largest absolute Gasteiger partial charge is 0.455 e. The lowest BCUT2D eigenvalue weighted by atomic mass is 9.86. The van der Waals surface area contributed by atoms with E-state index in [4.69, 9.17) is 9.40 Å². The van der Waals surface area contributed by atoms with Crippen LogP contribution in [0.1, 0.15) is 44.9 Å². The van der Waals surface area contributed by atoms with Crippen LogP contribution in [0, 0.1) is 5.82 Å². The lowest BCUT2D eigenvalue weighted by Crippen LogP contribution is -2.12. The van der Waals surface area contributed by atoms with E-state index in [0.717, 1.165) is 46.5 Å². The summed E-state index contributed by atoms with van der Waals surface area (Å²) in [5, 5.41) is 0. The van der Waals surface area contributed by atoms with Crippen molar-refractivity contribution in [3.8, 4) is 11.3 Å². The molecule has 2 heterocycles. The molecule has 2 aromatic heterocycles. The van der Waals surface area contributed by atoms with Crippen LogP contribution in [0.2, 0.25) is 0 Å². The van der Waals surface area contributed by atoms with E-state index < -0.39 is 0 Å². The van der Waals surface area contributed by atoms with Crippen molar-refractivity contribution in [3.05, 3.63) is 59.1 Å². The molecule has 1 fully saturated rings. The first-order valence-electron chi connectivity index (χ1n) is 8.30. The van der Waals surface area contributed by atoms with Crippen LogP contribution in [0.5, 0.6) is 0 Å². The van der Waals surface area contributed by atoms with Crippen molar-refractivity contribution in [3.63, 3.8) is 0 Å². The van der Waals surface area contributed by atoms with Crippen molar-refractivity contribution in [1.29, 1.82) is 0 Å². The summed E-state index contributed by atoms with van der Waals surface area (Å²) in [6.45, 7) is 6.49. The zero-order valence-electron chi connectivity index (χ0n) is 14.2. The summed E-state index contributed by atoms with van der Waals surface area (Å²) in [6.07, 6.45) is 4.44. The molecule has 0 spiro atoms. The van der Waals surface area contributed by atoms with Gasteiger partial charge in [0.25, 0.3) is 0 Å².